The van der Waals surface area contributed by atoms with Crippen molar-refractivity contribution in [3.05, 3.63) is 53.1 Å². The summed E-state index contributed by atoms with van der Waals surface area (Å²) in [5.41, 5.74) is 4.26. The lowest BCUT2D eigenvalue weighted by atomic mass is 9.92. The summed E-state index contributed by atoms with van der Waals surface area (Å²) in [6.45, 7) is 7.07. The maximum Gasteiger partial charge on any atom is 0.490 e. The first kappa shape index (κ1) is 31.6. The van der Waals surface area contributed by atoms with Crippen molar-refractivity contribution in [2.24, 2.45) is 5.92 Å². The average Bonchev–Trinajstić information content (AvgIpc) is 2.97. The largest absolute Gasteiger partial charge is 0.490 e. The normalized spacial score (nSPS) is 18.0. The zero-order valence-corrected chi connectivity index (χ0v) is 24.4. The first-order valence-electron chi connectivity index (χ1n) is 14.2. The van der Waals surface area contributed by atoms with Gasteiger partial charge in [0.2, 0.25) is 0 Å². The summed E-state index contributed by atoms with van der Waals surface area (Å²) in [4.78, 5) is 26.9. The molecule has 0 unspecified atom stereocenters. The van der Waals surface area contributed by atoms with E-state index >= 15 is 0 Å². The quantitative estimate of drug-likeness (QED) is 0.463. The van der Waals surface area contributed by atoms with E-state index in [0.717, 1.165) is 89.0 Å². The Morgan fingerprint density at radius 1 is 0.952 bits per heavy atom. The van der Waals surface area contributed by atoms with Crippen LogP contribution in [-0.4, -0.2) is 75.7 Å². The number of likely N-dealkylation sites (tertiary alicyclic amines) is 1. The van der Waals surface area contributed by atoms with Crippen molar-refractivity contribution in [2.75, 3.05) is 48.9 Å². The van der Waals surface area contributed by atoms with Gasteiger partial charge in [-0.25, -0.2) is 13.2 Å². The van der Waals surface area contributed by atoms with E-state index in [9.17, 15) is 26.4 Å². The molecule has 230 valence electrons. The van der Waals surface area contributed by atoms with Crippen LogP contribution in [0.3, 0.4) is 0 Å². The SMILES string of the molecule is CC1CCN(C(=O)c2cc(NS(=O)(=O)c3ccc4c(c3)CCCC4)ccc2N2CCNCC2)CC1.O=C(O)C(F)(F)F. The molecule has 2 saturated heterocycles. The number of anilines is 2. The Kier molecular flexibility index (Phi) is 10.0. The minimum atomic E-state index is -5.08. The van der Waals surface area contributed by atoms with Crippen LogP contribution >= 0.6 is 0 Å². The smallest absolute Gasteiger partial charge is 0.475 e. The molecule has 2 aromatic carbocycles. The lowest BCUT2D eigenvalue weighted by molar-refractivity contribution is -0.192. The molecule has 2 aromatic rings. The summed E-state index contributed by atoms with van der Waals surface area (Å²) in [5.74, 6) is -2.14. The number of alkyl halides is 3. The molecule has 9 nitrogen and oxygen atoms in total. The van der Waals surface area contributed by atoms with E-state index in [4.69, 9.17) is 9.90 Å². The molecular weight excluding hydrogens is 573 g/mol. The fraction of sp³-hybridized carbons (Fsp3) is 0.517. The van der Waals surface area contributed by atoms with Crippen LogP contribution in [0.5, 0.6) is 0 Å². The number of fused-ring (bicyclic) bond motifs is 1. The van der Waals surface area contributed by atoms with Gasteiger partial charge >= 0.3 is 12.1 Å². The number of nitrogens with one attached hydrogen (secondary N) is 2. The van der Waals surface area contributed by atoms with Gasteiger partial charge < -0.3 is 20.2 Å². The number of carbonyl (C=O) groups is 2. The van der Waals surface area contributed by atoms with Crippen LogP contribution in [0.1, 0.15) is 54.1 Å². The third-order valence-electron chi connectivity index (χ3n) is 7.88. The zero-order chi connectivity index (χ0) is 30.5. The Balaban J connectivity index is 0.000000517. The highest BCUT2D eigenvalue weighted by Gasteiger charge is 2.38. The third-order valence-corrected chi connectivity index (χ3v) is 9.26. The van der Waals surface area contributed by atoms with Gasteiger partial charge in [-0.2, -0.15) is 13.2 Å². The fourth-order valence-electron chi connectivity index (χ4n) is 5.43. The molecule has 0 atom stereocenters. The lowest BCUT2D eigenvalue weighted by Gasteiger charge is -2.34. The molecule has 0 saturated carbocycles. The van der Waals surface area contributed by atoms with E-state index in [1.54, 1.807) is 18.2 Å². The van der Waals surface area contributed by atoms with Crippen molar-refractivity contribution in [3.63, 3.8) is 0 Å². The average molecular weight is 611 g/mol. The highest BCUT2D eigenvalue weighted by molar-refractivity contribution is 7.92. The number of piperidine rings is 1. The first-order valence-corrected chi connectivity index (χ1v) is 15.7. The maximum absolute atomic E-state index is 13.6. The number of hydrogen-bond acceptors (Lipinski definition) is 6. The Morgan fingerprint density at radius 3 is 2.19 bits per heavy atom. The van der Waals surface area contributed by atoms with Crippen LogP contribution in [0, 0.1) is 5.92 Å². The number of amides is 1. The predicted molar refractivity (Wildman–Crippen MR) is 153 cm³/mol. The van der Waals surface area contributed by atoms with Crippen LogP contribution in [0.4, 0.5) is 24.5 Å². The van der Waals surface area contributed by atoms with E-state index in [1.807, 2.05) is 23.1 Å². The summed E-state index contributed by atoms with van der Waals surface area (Å²) >= 11 is 0. The molecule has 2 aliphatic heterocycles. The molecule has 1 amide bonds. The molecule has 2 heterocycles. The molecule has 0 spiro atoms. The van der Waals surface area contributed by atoms with Crippen molar-refractivity contribution in [1.29, 1.82) is 0 Å². The van der Waals surface area contributed by atoms with Crippen LogP contribution in [-0.2, 0) is 27.7 Å². The molecule has 42 heavy (non-hydrogen) atoms. The van der Waals surface area contributed by atoms with Gasteiger partial charge in [0.1, 0.15) is 0 Å². The monoisotopic (exact) mass is 610 g/mol. The Morgan fingerprint density at radius 2 is 1.57 bits per heavy atom. The number of aryl methyl sites for hydroxylation is 2. The highest BCUT2D eigenvalue weighted by atomic mass is 32.2. The Labute approximate surface area is 244 Å². The van der Waals surface area contributed by atoms with Crippen molar-refractivity contribution < 1.29 is 36.3 Å². The van der Waals surface area contributed by atoms with E-state index in [1.165, 1.54) is 5.56 Å². The molecule has 0 radical (unpaired) electrons. The fourth-order valence-corrected chi connectivity index (χ4v) is 6.53. The standard InChI is InChI=1S/C27H36N4O3S.C2HF3O2/c1-20-10-14-31(15-11-20)27(32)25-19-23(7-9-26(25)30-16-12-28-13-17-30)29-35(33,34)24-8-6-21-4-2-3-5-22(21)18-24;3-2(4,5)1(6)7/h6-9,18-20,28-29H,2-5,10-17H2,1H3;(H,6,7). The Hall–Kier alpha value is -3.32. The molecule has 0 aromatic heterocycles. The van der Waals surface area contributed by atoms with Gasteiger partial charge in [-0.15, -0.1) is 0 Å². The summed E-state index contributed by atoms with van der Waals surface area (Å²) < 4.78 is 61.0. The number of carboxylic acids is 1. The van der Waals surface area contributed by atoms with Crippen molar-refractivity contribution in [3.8, 4) is 0 Å². The predicted octanol–water partition coefficient (Wildman–Crippen LogP) is 4.28. The molecular formula is C29H37F3N4O5S. The number of hydrogen-bond donors (Lipinski definition) is 3. The number of carboxylic acid groups (broad SMARTS) is 1. The molecule has 13 heteroatoms. The highest BCUT2D eigenvalue weighted by Crippen LogP contribution is 2.30. The molecule has 1 aliphatic carbocycles. The van der Waals surface area contributed by atoms with E-state index < -0.39 is 22.2 Å². The Bertz CT molecular complexity index is 1390. The van der Waals surface area contributed by atoms with E-state index in [2.05, 4.69) is 21.9 Å². The number of sulfonamides is 1. The zero-order valence-electron chi connectivity index (χ0n) is 23.5. The van der Waals surface area contributed by atoms with Crippen LogP contribution < -0.4 is 14.9 Å². The minimum Gasteiger partial charge on any atom is -0.475 e. The van der Waals surface area contributed by atoms with E-state index in [0.29, 0.717) is 17.2 Å². The summed E-state index contributed by atoms with van der Waals surface area (Å²) in [6, 6.07) is 10.9. The number of carbonyl (C=O) groups excluding carboxylic acids is 1. The maximum atomic E-state index is 13.6. The number of piperazine rings is 1. The van der Waals surface area contributed by atoms with Crippen LogP contribution in [0.15, 0.2) is 41.3 Å². The summed E-state index contributed by atoms with van der Waals surface area (Å²) in [7, 11) is -3.76. The van der Waals surface area contributed by atoms with Gasteiger partial charge in [0.05, 0.1) is 10.5 Å². The van der Waals surface area contributed by atoms with Crippen LogP contribution in [0.2, 0.25) is 0 Å². The van der Waals surface area contributed by atoms with Crippen LogP contribution in [0.25, 0.3) is 0 Å². The number of rotatable bonds is 5. The van der Waals surface area contributed by atoms with Crippen molar-refractivity contribution >= 4 is 33.3 Å². The number of halogens is 3. The van der Waals surface area contributed by atoms with Gasteiger partial charge in [-0.1, -0.05) is 13.0 Å². The second-order valence-electron chi connectivity index (χ2n) is 11.0. The summed E-state index contributed by atoms with van der Waals surface area (Å²) in [6.07, 6.45) is 1.10. The lowest BCUT2D eigenvalue weighted by Crippen LogP contribution is -2.45. The number of nitrogens with zero attached hydrogens (tertiary/aromatic N) is 2. The van der Waals surface area contributed by atoms with Crippen molar-refractivity contribution in [2.45, 2.75) is 56.5 Å². The molecule has 0 bridgehead atoms. The van der Waals surface area contributed by atoms with Gasteiger partial charge in [0.25, 0.3) is 15.9 Å². The second kappa shape index (κ2) is 13.3. The van der Waals surface area contributed by atoms with Gasteiger partial charge in [0.15, 0.2) is 0 Å². The molecule has 3 N–H and O–H groups in total. The summed E-state index contributed by atoms with van der Waals surface area (Å²) in [5, 5.41) is 10.5. The van der Waals surface area contributed by atoms with Gasteiger partial charge in [-0.3, -0.25) is 9.52 Å². The molecule has 2 fully saturated rings. The topological polar surface area (TPSA) is 119 Å². The number of aliphatic carboxylic acids is 1. The number of benzene rings is 2. The van der Waals surface area contributed by atoms with Gasteiger partial charge in [-0.05, 0) is 85.9 Å². The third kappa shape index (κ3) is 7.94. The molecule has 5 rings (SSSR count). The second-order valence-corrected chi connectivity index (χ2v) is 12.7. The van der Waals surface area contributed by atoms with E-state index in [-0.39, 0.29) is 10.8 Å². The first-order chi connectivity index (χ1) is 19.8. The van der Waals surface area contributed by atoms with Crippen molar-refractivity contribution in [1.82, 2.24) is 10.2 Å². The molecule has 3 aliphatic rings. The van der Waals surface area contributed by atoms with Gasteiger partial charge in [0, 0.05) is 50.6 Å². The minimum absolute atomic E-state index is 0.0136.